The van der Waals surface area contributed by atoms with Gasteiger partial charge in [0.2, 0.25) is 6.79 Å². The molecule has 0 spiro atoms. The van der Waals surface area contributed by atoms with E-state index in [0.29, 0.717) is 5.82 Å². The predicted molar refractivity (Wildman–Crippen MR) is 75.0 cm³/mol. The maximum atomic E-state index is 5.72. The number of nitrogens with one attached hydrogen (secondary N) is 1. The lowest BCUT2D eigenvalue weighted by atomic mass is 10.1. The number of aromatic amines is 1. The van der Waals surface area contributed by atoms with Crippen LogP contribution in [0.2, 0.25) is 0 Å². The number of nitrogens with two attached hydrogens (primary N) is 1. The van der Waals surface area contributed by atoms with Crippen molar-refractivity contribution in [2.24, 2.45) is 0 Å². The minimum atomic E-state index is 0.257. The Balaban J connectivity index is 2.18. The van der Waals surface area contributed by atoms with Crippen molar-refractivity contribution in [3.8, 4) is 22.8 Å². The third-order valence-electron chi connectivity index (χ3n) is 2.46. The molecule has 0 radical (unpaired) electrons. The second-order valence-corrected chi connectivity index (χ2v) is 5.42. The molecule has 17 heavy (non-hydrogen) atoms. The number of nitrogen functional groups attached to an aromatic ring is 1. The first kappa shape index (κ1) is 11.1. The highest BCUT2D eigenvalue weighted by Gasteiger charge is 2.20. The number of rotatable bonds is 1. The van der Waals surface area contributed by atoms with Gasteiger partial charge in [0.05, 0.1) is 9.26 Å². The van der Waals surface area contributed by atoms with Gasteiger partial charge < -0.3 is 15.2 Å². The topological polar surface area (TPSA) is 73.2 Å². The van der Waals surface area contributed by atoms with Crippen LogP contribution in [0, 0.1) is 3.57 Å². The fraction of sp³-hybridized carbons (Fsp3) is 0.100. The minimum absolute atomic E-state index is 0.257. The van der Waals surface area contributed by atoms with Crippen LogP contribution in [0.5, 0.6) is 11.5 Å². The molecular weight excluding hydrogens is 401 g/mol. The summed E-state index contributed by atoms with van der Waals surface area (Å²) in [7, 11) is 0. The fourth-order valence-corrected chi connectivity index (χ4v) is 2.68. The number of ether oxygens (including phenoxy) is 2. The molecule has 1 aliphatic heterocycles. The SMILES string of the molecule is Nc1n[nH]c(-c2cc3c(cc2Br)OCO3)c1I. The normalized spacial score (nSPS) is 13.1. The van der Waals surface area contributed by atoms with Crippen molar-refractivity contribution in [3.63, 3.8) is 0 Å². The molecule has 0 bridgehead atoms. The van der Waals surface area contributed by atoms with Gasteiger partial charge >= 0.3 is 0 Å². The number of halogens is 2. The molecule has 0 unspecified atom stereocenters. The summed E-state index contributed by atoms with van der Waals surface area (Å²) < 4.78 is 12.4. The Kier molecular flexibility index (Phi) is 2.66. The molecule has 0 fully saturated rings. The van der Waals surface area contributed by atoms with E-state index in [0.717, 1.165) is 30.8 Å². The first-order valence-electron chi connectivity index (χ1n) is 4.75. The Morgan fingerprint density at radius 2 is 2.06 bits per heavy atom. The van der Waals surface area contributed by atoms with Crippen LogP contribution in [0.15, 0.2) is 16.6 Å². The lowest BCUT2D eigenvalue weighted by Gasteiger charge is -2.04. The number of nitrogens with zero attached hydrogens (tertiary/aromatic N) is 1. The summed E-state index contributed by atoms with van der Waals surface area (Å²) >= 11 is 5.66. The van der Waals surface area contributed by atoms with Crippen LogP contribution >= 0.6 is 38.5 Å². The summed E-state index contributed by atoms with van der Waals surface area (Å²) in [4.78, 5) is 0. The van der Waals surface area contributed by atoms with Crippen LogP contribution < -0.4 is 15.2 Å². The fourth-order valence-electron chi connectivity index (χ4n) is 1.63. The highest BCUT2D eigenvalue weighted by Crippen LogP contribution is 2.42. The van der Waals surface area contributed by atoms with Gasteiger partial charge in [0.1, 0.15) is 0 Å². The molecule has 0 atom stereocenters. The number of anilines is 1. The van der Waals surface area contributed by atoms with Gasteiger partial charge in [-0.15, -0.1) is 0 Å². The molecule has 5 nitrogen and oxygen atoms in total. The van der Waals surface area contributed by atoms with Gasteiger partial charge in [-0.1, -0.05) is 0 Å². The molecule has 0 aliphatic carbocycles. The number of benzene rings is 1. The minimum Gasteiger partial charge on any atom is -0.454 e. The van der Waals surface area contributed by atoms with E-state index in [1.807, 2.05) is 12.1 Å². The second kappa shape index (κ2) is 4.05. The largest absolute Gasteiger partial charge is 0.454 e. The van der Waals surface area contributed by atoms with Crippen molar-refractivity contribution in [2.75, 3.05) is 12.5 Å². The number of H-pyrrole nitrogens is 1. The molecule has 0 saturated carbocycles. The zero-order valence-electron chi connectivity index (χ0n) is 8.46. The van der Waals surface area contributed by atoms with E-state index in [1.165, 1.54) is 0 Å². The molecule has 1 aliphatic rings. The van der Waals surface area contributed by atoms with Gasteiger partial charge in [-0.25, -0.2) is 0 Å². The smallest absolute Gasteiger partial charge is 0.231 e. The zero-order valence-corrected chi connectivity index (χ0v) is 12.2. The van der Waals surface area contributed by atoms with Crippen molar-refractivity contribution >= 4 is 44.3 Å². The second-order valence-electron chi connectivity index (χ2n) is 3.48. The van der Waals surface area contributed by atoms with E-state index in [9.17, 15) is 0 Å². The summed E-state index contributed by atoms with van der Waals surface area (Å²) in [6, 6.07) is 3.78. The van der Waals surface area contributed by atoms with E-state index in [1.54, 1.807) is 0 Å². The molecule has 88 valence electrons. The Morgan fingerprint density at radius 1 is 1.35 bits per heavy atom. The Hall–Kier alpha value is -0.960. The van der Waals surface area contributed by atoms with Crippen molar-refractivity contribution in [1.82, 2.24) is 10.2 Å². The highest BCUT2D eigenvalue weighted by molar-refractivity contribution is 14.1. The summed E-state index contributed by atoms with van der Waals surface area (Å²) in [6.45, 7) is 0.257. The van der Waals surface area contributed by atoms with Gasteiger partial charge in [0, 0.05) is 10.0 Å². The van der Waals surface area contributed by atoms with Gasteiger partial charge in [0.15, 0.2) is 17.3 Å². The van der Waals surface area contributed by atoms with E-state index in [-0.39, 0.29) is 6.79 Å². The number of fused-ring (bicyclic) bond motifs is 1. The first-order valence-corrected chi connectivity index (χ1v) is 6.63. The number of hydrogen-bond acceptors (Lipinski definition) is 4. The third kappa shape index (κ3) is 1.77. The maximum absolute atomic E-state index is 5.72. The van der Waals surface area contributed by atoms with Crippen LogP contribution in [0.4, 0.5) is 5.82 Å². The quantitative estimate of drug-likeness (QED) is 0.713. The summed E-state index contributed by atoms with van der Waals surface area (Å²) in [5, 5.41) is 6.89. The van der Waals surface area contributed by atoms with Crippen LogP contribution in [0.25, 0.3) is 11.3 Å². The van der Waals surface area contributed by atoms with E-state index >= 15 is 0 Å². The molecule has 0 saturated heterocycles. The first-order chi connectivity index (χ1) is 8.16. The van der Waals surface area contributed by atoms with Crippen LogP contribution in [-0.2, 0) is 0 Å². The molecule has 3 N–H and O–H groups in total. The van der Waals surface area contributed by atoms with Crippen molar-refractivity contribution < 1.29 is 9.47 Å². The van der Waals surface area contributed by atoms with E-state index < -0.39 is 0 Å². The Labute approximate surface area is 119 Å². The number of hydrogen-bond donors (Lipinski definition) is 2. The maximum Gasteiger partial charge on any atom is 0.231 e. The van der Waals surface area contributed by atoms with Crippen molar-refractivity contribution in [3.05, 3.63) is 20.2 Å². The van der Waals surface area contributed by atoms with Gasteiger partial charge in [-0.2, -0.15) is 5.10 Å². The van der Waals surface area contributed by atoms with E-state index in [2.05, 4.69) is 48.7 Å². The molecule has 0 amide bonds. The van der Waals surface area contributed by atoms with Crippen LogP contribution in [0.3, 0.4) is 0 Å². The lowest BCUT2D eigenvalue weighted by Crippen LogP contribution is -1.92. The van der Waals surface area contributed by atoms with Crippen LogP contribution in [-0.4, -0.2) is 17.0 Å². The number of aromatic nitrogens is 2. The average Bonchev–Trinajstić information content (AvgIpc) is 2.86. The predicted octanol–water partition coefficient (Wildman–Crippen LogP) is 2.75. The van der Waals surface area contributed by atoms with E-state index in [4.69, 9.17) is 15.2 Å². The molecule has 1 aromatic carbocycles. The molecule has 3 rings (SSSR count). The molecule has 7 heteroatoms. The molecule has 1 aromatic heterocycles. The van der Waals surface area contributed by atoms with Gasteiger partial charge in [-0.3, -0.25) is 5.10 Å². The Bertz CT molecular complexity index is 599. The average molecular weight is 408 g/mol. The molecule has 2 heterocycles. The molecular formula is C10H7BrIN3O2. The summed E-state index contributed by atoms with van der Waals surface area (Å²) in [5.74, 6) is 1.96. The zero-order chi connectivity index (χ0) is 12.0. The van der Waals surface area contributed by atoms with Gasteiger partial charge in [-0.05, 0) is 50.7 Å². The van der Waals surface area contributed by atoms with Crippen molar-refractivity contribution in [2.45, 2.75) is 0 Å². The monoisotopic (exact) mass is 407 g/mol. The van der Waals surface area contributed by atoms with Gasteiger partial charge in [0.25, 0.3) is 0 Å². The molecule has 2 aromatic rings. The van der Waals surface area contributed by atoms with Crippen molar-refractivity contribution in [1.29, 1.82) is 0 Å². The lowest BCUT2D eigenvalue weighted by molar-refractivity contribution is 0.174. The standard InChI is InChI=1S/C10H7BrIN3O2/c11-5-2-7-6(16-3-17-7)1-4(5)9-8(12)10(13)15-14-9/h1-2H,3H2,(H3,13,14,15). The highest BCUT2D eigenvalue weighted by atomic mass is 127. The third-order valence-corrected chi connectivity index (χ3v) is 4.21. The summed E-state index contributed by atoms with van der Waals surface area (Å²) in [6.07, 6.45) is 0. The van der Waals surface area contributed by atoms with Crippen LogP contribution in [0.1, 0.15) is 0 Å². The summed E-state index contributed by atoms with van der Waals surface area (Å²) in [5.41, 5.74) is 7.54. The Morgan fingerprint density at radius 3 is 2.71 bits per heavy atom.